The van der Waals surface area contributed by atoms with Crippen LogP contribution in [-0.2, 0) is 0 Å². The van der Waals surface area contributed by atoms with Crippen molar-refractivity contribution < 1.29 is 9.90 Å². The third-order valence-electron chi connectivity index (χ3n) is 3.56. The molecule has 2 N–H and O–H groups in total. The normalized spacial score (nSPS) is 11.0. The highest BCUT2D eigenvalue weighted by Crippen LogP contribution is 2.12. The van der Waals surface area contributed by atoms with Crippen LogP contribution in [-0.4, -0.2) is 51.5 Å². The van der Waals surface area contributed by atoms with E-state index in [1.165, 1.54) is 24.5 Å². The number of rotatable bonds is 6. The molecule has 0 aromatic carbocycles. The smallest absolute Gasteiger partial charge is 0.270 e. The van der Waals surface area contributed by atoms with Gasteiger partial charge in [-0.05, 0) is 25.2 Å². The van der Waals surface area contributed by atoms with E-state index in [2.05, 4.69) is 29.0 Å². The summed E-state index contributed by atoms with van der Waals surface area (Å²) in [5.74, 6) is -0.560. The number of pyridine rings is 1. The average molecular weight is 304 g/mol. The summed E-state index contributed by atoms with van der Waals surface area (Å²) in [5, 5.41) is 12.4. The number of aromatic nitrogens is 2. The molecule has 0 aliphatic heterocycles. The van der Waals surface area contributed by atoms with E-state index in [0.717, 1.165) is 24.0 Å². The van der Waals surface area contributed by atoms with Gasteiger partial charge in [-0.3, -0.25) is 14.0 Å². The van der Waals surface area contributed by atoms with Crippen molar-refractivity contribution in [2.24, 2.45) is 0 Å². The molecule has 2 aromatic heterocycles. The Balaban J connectivity index is 2.16. The van der Waals surface area contributed by atoms with Gasteiger partial charge < -0.3 is 15.3 Å². The van der Waals surface area contributed by atoms with Gasteiger partial charge in [0.2, 0.25) is 0 Å². The van der Waals surface area contributed by atoms with Crippen LogP contribution in [0.3, 0.4) is 0 Å². The molecule has 22 heavy (non-hydrogen) atoms. The molecular formula is C15H20N4O3. The van der Waals surface area contributed by atoms with Crippen LogP contribution in [0.25, 0.3) is 5.65 Å². The number of carbonyl (C=O) groups excluding carboxylic acids is 1. The van der Waals surface area contributed by atoms with Crippen LogP contribution in [0.5, 0.6) is 5.75 Å². The number of likely N-dealkylation sites (N-methyl/N-ethyl adjacent to an activating group) is 1. The Kier molecular flexibility index (Phi) is 5.11. The van der Waals surface area contributed by atoms with Crippen LogP contribution in [0.4, 0.5) is 0 Å². The lowest BCUT2D eigenvalue weighted by Crippen LogP contribution is -2.37. The summed E-state index contributed by atoms with van der Waals surface area (Å²) in [6, 6.07) is 2.96. The largest absolute Gasteiger partial charge is 0.504 e. The zero-order valence-corrected chi connectivity index (χ0v) is 12.7. The summed E-state index contributed by atoms with van der Waals surface area (Å²) >= 11 is 0. The molecule has 0 unspecified atom stereocenters. The summed E-state index contributed by atoms with van der Waals surface area (Å²) in [7, 11) is 0. The van der Waals surface area contributed by atoms with Gasteiger partial charge in [0, 0.05) is 25.5 Å². The first kappa shape index (κ1) is 16.0. The Morgan fingerprint density at radius 3 is 2.82 bits per heavy atom. The fraction of sp³-hybridized carbons (Fsp3) is 0.400. The van der Waals surface area contributed by atoms with Gasteiger partial charge in [0.05, 0.1) is 0 Å². The number of carbonyl (C=O) groups is 1. The maximum atomic E-state index is 12.3. The second kappa shape index (κ2) is 7.04. The van der Waals surface area contributed by atoms with Gasteiger partial charge in [-0.2, -0.15) is 0 Å². The Bertz CT molecular complexity index is 722. The van der Waals surface area contributed by atoms with Crippen LogP contribution in [0.15, 0.2) is 29.3 Å². The van der Waals surface area contributed by atoms with Crippen molar-refractivity contribution in [3.8, 4) is 5.75 Å². The highest BCUT2D eigenvalue weighted by atomic mass is 16.3. The first-order valence-corrected chi connectivity index (χ1v) is 7.28. The van der Waals surface area contributed by atoms with Gasteiger partial charge in [-0.15, -0.1) is 0 Å². The molecule has 2 rings (SSSR count). The van der Waals surface area contributed by atoms with Gasteiger partial charge in [0.25, 0.3) is 11.5 Å². The third-order valence-corrected chi connectivity index (χ3v) is 3.56. The van der Waals surface area contributed by atoms with Gasteiger partial charge in [-0.1, -0.05) is 13.8 Å². The molecule has 0 fully saturated rings. The zero-order chi connectivity index (χ0) is 16.1. The van der Waals surface area contributed by atoms with E-state index >= 15 is 0 Å². The molecule has 7 heteroatoms. The Labute approximate surface area is 128 Å². The maximum Gasteiger partial charge on any atom is 0.270 e. The molecule has 1 amide bonds. The highest BCUT2D eigenvalue weighted by Gasteiger charge is 2.14. The Morgan fingerprint density at radius 2 is 2.14 bits per heavy atom. The zero-order valence-electron chi connectivity index (χ0n) is 12.7. The van der Waals surface area contributed by atoms with E-state index < -0.39 is 11.5 Å². The van der Waals surface area contributed by atoms with Crippen LogP contribution in [0.2, 0.25) is 0 Å². The molecule has 0 atom stereocenters. The van der Waals surface area contributed by atoms with E-state index in [4.69, 9.17) is 0 Å². The van der Waals surface area contributed by atoms with Crippen molar-refractivity contribution in [1.82, 2.24) is 19.6 Å². The van der Waals surface area contributed by atoms with Crippen LogP contribution >= 0.6 is 0 Å². The quantitative estimate of drug-likeness (QED) is 0.810. The van der Waals surface area contributed by atoms with Crippen LogP contribution < -0.4 is 10.9 Å². The number of hydrogen-bond donors (Lipinski definition) is 2. The topological polar surface area (TPSA) is 86.9 Å². The number of amides is 1. The summed E-state index contributed by atoms with van der Waals surface area (Å²) in [5.41, 5.74) is -0.406. The Morgan fingerprint density at radius 1 is 1.41 bits per heavy atom. The third kappa shape index (κ3) is 3.25. The lowest BCUT2D eigenvalue weighted by atomic mass is 10.3. The summed E-state index contributed by atoms with van der Waals surface area (Å²) < 4.78 is 1.16. The fourth-order valence-corrected chi connectivity index (χ4v) is 2.21. The second-order valence-corrected chi connectivity index (χ2v) is 4.85. The van der Waals surface area contributed by atoms with Gasteiger partial charge in [0.15, 0.2) is 11.4 Å². The number of nitrogens with one attached hydrogen (secondary N) is 1. The maximum absolute atomic E-state index is 12.3. The molecule has 0 radical (unpaired) electrons. The summed E-state index contributed by atoms with van der Waals surface area (Å²) in [4.78, 5) is 30.5. The first-order valence-electron chi connectivity index (χ1n) is 7.28. The minimum Gasteiger partial charge on any atom is -0.504 e. The van der Waals surface area contributed by atoms with E-state index in [-0.39, 0.29) is 17.0 Å². The van der Waals surface area contributed by atoms with Crippen molar-refractivity contribution in [2.75, 3.05) is 26.2 Å². The van der Waals surface area contributed by atoms with Crippen molar-refractivity contribution in [1.29, 1.82) is 0 Å². The first-order chi connectivity index (χ1) is 10.6. The van der Waals surface area contributed by atoms with E-state index in [0.29, 0.717) is 6.54 Å². The van der Waals surface area contributed by atoms with E-state index in [1.807, 2.05) is 0 Å². The van der Waals surface area contributed by atoms with Crippen molar-refractivity contribution in [3.63, 3.8) is 0 Å². The number of nitrogens with zero attached hydrogens (tertiary/aromatic N) is 3. The molecule has 2 aromatic rings. The number of hydrogen-bond acceptors (Lipinski definition) is 5. The molecule has 7 nitrogen and oxygen atoms in total. The SMILES string of the molecule is CCN(CC)CCNC(=O)c1cnc2c(O)cccn2c1=O. The molecule has 0 spiro atoms. The van der Waals surface area contributed by atoms with Gasteiger partial charge >= 0.3 is 0 Å². The van der Waals surface area contributed by atoms with Crippen LogP contribution in [0, 0.1) is 0 Å². The van der Waals surface area contributed by atoms with Crippen molar-refractivity contribution in [3.05, 3.63) is 40.4 Å². The summed E-state index contributed by atoms with van der Waals surface area (Å²) in [6.07, 6.45) is 2.67. The predicted molar refractivity (Wildman–Crippen MR) is 83.2 cm³/mol. The molecular weight excluding hydrogens is 284 g/mol. The molecule has 0 aliphatic carbocycles. The molecule has 2 heterocycles. The molecule has 0 saturated heterocycles. The monoisotopic (exact) mass is 304 g/mol. The minimum absolute atomic E-state index is 0.0392. The fourth-order valence-electron chi connectivity index (χ4n) is 2.21. The number of fused-ring (bicyclic) bond motifs is 1. The summed E-state index contributed by atoms with van der Waals surface area (Å²) in [6.45, 7) is 7.11. The molecule has 0 saturated carbocycles. The highest BCUT2D eigenvalue weighted by molar-refractivity contribution is 5.93. The lowest BCUT2D eigenvalue weighted by molar-refractivity contribution is 0.0947. The molecule has 0 aliphatic rings. The molecule has 0 bridgehead atoms. The standard InChI is InChI=1S/C15H20N4O3/c1-3-18(4-2)9-7-16-14(21)11-10-17-13-12(20)6-5-8-19(13)15(11)22/h5-6,8,10,20H,3-4,7,9H2,1-2H3,(H,16,21). The van der Waals surface area contributed by atoms with Gasteiger partial charge in [0.1, 0.15) is 5.56 Å². The van der Waals surface area contributed by atoms with E-state index in [1.54, 1.807) is 0 Å². The Hall–Kier alpha value is -2.41. The van der Waals surface area contributed by atoms with Crippen molar-refractivity contribution >= 4 is 11.6 Å². The average Bonchev–Trinajstić information content (AvgIpc) is 2.52. The van der Waals surface area contributed by atoms with Crippen molar-refractivity contribution in [2.45, 2.75) is 13.8 Å². The van der Waals surface area contributed by atoms with Gasteiger partial charge in [-0.25, -0.2) is 4.98 Å². The van der Waals surface area contributed by atoms with E-state index in [9.17, 15) is 14.7 Å². The van der Waals surface area contributed by atoms with Crippen LogP contribution in [0.1, 0.15) is 24.2 Å². The lowest BCUT2D eigenvalue weighted by Gasteiger charge is -2.17. The predicted octanol–water partition coefficient (Wildman–Crippen LogP) is 0.472. The molecule has 118 valence electrons. The number of aromatic hydroxyl groups is 1. The second-order valence-electron chi connectivity index (χ2n) is 4.85. The minimum atomic E-state index is -0.499.